The van der Waals surface area contributed by atoms with E-state index in [-0.39, 0.29) is 11.2 Å². The third-order valence-corrected chi connectivity index (χ3v) is 3.02. The summed E-state index contributed by atoms with van der Waals surface area (Å²) in [5.41, 5.74) is 1.60. The van der Waals surface area contributed by atoms with Crippen LogP contribution in [0.15, 0.2) is 24.3 Å². The van der Waals surface area contributed by atoms with Gasteiger partial charge in [0.1, 0.15) is 0 Å². The molecule has 1 atom stereocenters. The number of esters is 1. The fourth-order valence-electron chi connectivity index (χ4n) is 1.06. The fourth-order valence-corrected chi connectivity index (χ4v) is 1.45. The molecule has 0 aliphatic heterocycles. The van der Waals surface area contributed by atoms with E-state index in [0.29, 0.717) is 11.3 Å². The van der Waals surface area contributed by atoms with E-state index in [2.05, 4.69) is 30.0 Å². The van der Waals surface area contributed by atoms with Crippen LogP contribution in [-0.4, -0.2) is 18.8 Å². The Labute approximate surface area is 94.5 Å². The first kappa shape index (κ1) is 11.5. The van der Waals surface area contributed by atoms with E-state index in [0.717, 1.165) is 5.56 Å². The molecule has 1 aromatic rings. The third-order valence-electron chi connectivity index (χ3n) is 1.89. The van der Waals surface area contributed by atoms with Crippen LogP contribution in [0.5, 0.6) is 0 Å². The summed E-state index contributed by atoms with van der Waals surface area (Å²) < 4.78 is 4.59. The maximum Gasteiger partial charge on any atom is 0.337 e. The number of ether oxygens (including phenoxy) is 1. The van der Waals surface area contributed by atoms with Crippen molar-refractivity contribution in [1.29, 1.82) is 0 Å². The Morgan fingerprint density at radius 1 is 1.43 bits per heavy atom. The molecule has 0 amide bonds. The molecule has 0 heterocycles. The quantitative estimate of drug-likeness (QED) is 0.613. The number of thiol groups is 2. The molecule has 0 saturated heterocycles. The lowest BCUT2D eigenvalue weighted by molar-refractivity contribution is 0.0600. The van der Waals surface area contributed by atoms with Crippen LogP contribution in [0.3, 0.4) is 0 Å². The maximum absolute atomic E-state index is 11.1. The van der Waals surface area contributed by atoms with E-state index in [1.807, 2.05) is 12.1 Å². The van der Waals surface area contributed by atoms with Gasteiger partial charge in [-0.15, -0.1) is 0 Å². The van der Waals surface area contributed by atoms with E-state index >= 15 is 0 Å². The molecule has 76 valence electrons. The SMILES string of the molecule is COC(=O)c1ccc(C(S)CS)cc1. The largest absolute Gasteiger partial charge is 0.465 e. The second kappa shape index (κ2) is 5.32. The maximum atomic E-state index is 11.1. The average molecular weight is 228 g/mol. The standard InChI is InChI=1S/C10H12O2S2/c1-12-10(11)8-4-2-7(3-5-8)9(14)6-13/h2-5,9,13-14H,6H2,1H3. The zero-order valence-electron chi connectivity index (χ0n) is 7.80. The molecular formula is C10H12O2S2. The summed E-state index contributed by atoms with van der Waals surface area (Å²) in [5.74, 6) is 0.346. The van der Waals surface area contributed by atoms with Crippen LogP contribution < -0.4 is 0 Å². The molecule has 0 radical (unpaired) electrons. The number of hydrogen-bond acceptors (Lipinski definition) is 4. The van der Waals surface area contributed by atoms with E-state index in [1.165, 1.54) is 7.11 Å². The highest BCUT2D eigenvalue weighted by Crippen LogP contribution is 2.21. The Bertz CT molecular complexity index is 308. The normalized spacial score (nSPS) is 12.2. The van der Waals surface area contributed by atoms with Gasteiger partial charge in [0.15, 0.2) is 0 Å². The predicted molar refractivity (Wildman–Crippen MR) is 63.4 cm³/mol. The molecule has 2 nitrogen and oxygen atoms in total. The molecule has 0 saturated carbocycles. The fraction of sp³-hybridized carbons (Fsp3) is 0.300. The van der Waals surface area contributed by atoms with Gasteiger partial charge in [-0.05, 0) is 17.7 Å². The van der Waals surface area contributed by atoms with Crippen LogP contribution in [-0.2, 0) is 4.74 Å². The van der Waals surface area contributed by atoms with Crippen LogP contribution >= 0.6 is 25.3 Å². The number of hydrogen-bond donors (Lipinski definition) is 2. The Morgan fingerprint density at radius 2 is 2.00 bits per heavy atom. The first-order valence-corrected chi connectivity index (χ1v) is 5.31. The van der Waals surface area contributed by atoms with Gasteiger partial charge in [-0.1, -0.05) is 12.1 Å². The highest BCUT2D eigenvalue weighted by molar-refractivity contribution is 7.84. The number of carbonyl (C=O) groups excluding carboxylic acids is 1. The molecular weight excluding hydrogens is 216 g/mol. The molecule has 0 aliphatic carbocycles. The second-order valence-electron chi connectivity index (χ2n) is 2.81. The summed E-state index contributed by atoms with van der Waals surface area (Å²) >= 11 is 8.48. The van der Waals surface area contributed by atoms with Crippen molar-refractivity contribution in [2.75, 3.05) is 12.9 Å². The third kappa shape index (κ3) is 2.69. The van der Waals surface area contributed by atoms with Crippen LogP contribution in [0.4, 0.5) is 0 Å². The van der Waals surface area contributed by atoms with Gasteiger partial charge in [0.05, 0.1) is 12.7 Å². The lowest BCUT2D eigenvalue weighted by Gasteiger charge is -2.07. The summed E-state index contributed by atoms with van der Waals surface area (Å²) in [5, 5.41) is 0.102. The van der Waals surface area contributed by atoms with Gasteiger partial charge in [0.2, 0.25) is 0 Å². The van der Waals surface area contributed by atoms with Gasteiger partial charge in [0, 0.05) is 11.0 Å². The molecule has 4 heteroatoms. The molecule has 14 heavy (non-hydrogen) atoms. The van der Waals surface area contributed by atoms with Crippen LogP contribution in [0.25, 0.3) is 0 Å². The van der Waals surface area contributed by atoms with Gasteiger partial charge < -0.3 is 4.74 Å². The summed E-state index contributed by atoms with van der Waals surface area (Å²) in [6.45, 7) is 0. The smallest absolute Gasteiger partial charge is 0.337 e. The molecule has 0 spiro atoms. The zero-order valence-corrected chi connectivity index (χ0v) is 9.59. The Morgan fingerprint density at radius 3 is 2.43 bits per heavy atom. The van der Waals surface area contributed by atoms with Gasteiger partial charge >= 0.3 is 5.97 Å². The van der Waals surface area contributed by atoms with Crippen molar-refractivity contribution in [1.82, 2.24) is 0 Å². The number of rotatable bonds is 3. The first-order valence-electron chi connectivity index (χ1n) is 4.16. The van der Waals surface area contributed by atoms with Crippen molar-refractivity contribution < 1.29 is 9.53 Å². The first-order chi connectivity index (χ1) is 6.69. The zero-order chi connectivity index (χ0) is 10.6. The molecule has 0 aromatic heterocycles. The summed E-state index contributed by atoms with van der Waals surface area (Å²) in [6, 6.07) is 7.18. The van der Waals surface area contributed by atoms with Crippen LogP contribution in [0.2, 0.25) is 0 Å². The highest BCUT2D eigenvalue weighted by Gasteiger charge is 2.07. The van der Waals surface area contributed by atoms with Gasteiger partial charge in [-0.25, -0.2) is 4.79 Å². The Kier molecular flexibility index (Phi) is 4.35. The number of carbonyl (C=O) groups is 1. The van der Waals surface area contributed by atoms with Gasteiger partial charge in [0.25, 0.3) is 0 Å². The van der Waals surface area contributed by atoms with Gasteiger partial charge in [-0.2, -0.15) is 25.3 Å². The lowest BCUT2D eigenvalue weighted by Crippen LogP contribution is -2.01. The summed E-state index contributed by atoms with van der Waals surface area (Å²) in [7, 11) is 1.37. The van der Waals surface area contributed by atoms with Crippen molar-refractivity contribution in [2.45, 2.75) is 5.25 Å². The second-order valence-corrected chi connectivity index (χ2v) is 3.80. The van der Waals surface area contributed by atoms with E-state index in [4.69, 9.17) is 0 Å². The van der Waals surface area contributed by atoms with Crippen LogP contribution in [0.1, 0.15) is 21.2 Å². The molecule has 1 unspecified atom stereocenters. The predicted octanol–water partition coefficient (Wildman–Crippen LogP) is 2.37. The minimum absolute atomic E-state index is 0.102. The monoisotopic (exact) mass is 228 g/mol. The molecule has 1 aromatic carbocycles. The molecule has 0 fully saturated rings. The highest BCUT2D eigenvalue weighted by atomic mass is 32.1. The lowest BCUT2D eigenvalue weighted by atomic mass is 10.1. The van der Waals surface area contributed by atoms with Crippen LogP contribution in [0, 0.1) is 0 Å². The van der Waals surface area contributed by atoms with Crippen molar-refractivity contribution in [3.8, 4) is 0 Å². The minimum Gasteiger partial charge on any atom is -0.465 e. The minimum atomic E-state index is -0.321. The molecule has 0 aliphatic rings. The average Bonchev–Trinajstić information content (AvgIpc) is 2.27. The van der Waals surface area contributed by atoms with Crippen molar-refractivity contribution in [2.24, 2.45) is 0 Å². The van der Waals surface area contributed by atoms with E-state index < -0.39 is 0 Å². The topological polar surface area (TPSA) is 26.3 Å². The van der Waals surface area contributed by atoms with Crippen molar-refractivity contribution in [3.05, 3.63) is 35.4 Å². The summed E-state index contributed by atoms with van der Waals surface area (Å²) in [6.07, 6.45) is 0. The van der Waals surface area contributed by atoms with E-state index in [9.17, 15) is 4.79 Å². The Balaban J connectivity index is 2.83. The summed E-state index contributed by atoms with van der Waals surface area (Å²) in [4.78, 5) is 11.1. The molecule has 0 bridgehead atoms. The number of methoxy groups -OCH3 is 1. The number of benzene rings is 1. The molecule has 1 rings (SSSR count). The Hall–Kier alpha value is -0.610. The molecule has 0 N–H and O–H groups in total. The van der Waals surface area contributed by atoms with Gasteiger partial charge in [-0.3, -0.25) is 0 Å². The van der Waals surface area contributed by atoms with Crippen molar-refractivity contribution >= 4 is 31.2 Å². The van der Waals surface area contributed by atoms with Crippen molar-refractivity contribution in [3.63, 3.8) is 0 Å². The van der Waals surface area contributed by atoms with E-state index in [1.54, 1.807) is 12.1 Å².